The Kier molecular flexibility index (Phi) is 5.08. The van der Waals surface area contributed by atoms with Crippen molar-refractivity contribution in [1.29, 1.82) is 0 Å². The zero-order chi connectivity index (χ0) is 19.5. The SMILES string of the molecule is COc1ccc(/C=C/C(=O)N2c3ccccc3Sc3ccccc32)cc1OC. The Morgan fingerprint density at radius 3 is 2.07 bits per heavy atom. The molecule has 0 aromatic heterocycles. The number of nitrogens with zero attached hydrogens (tertiary/aromatic N) is 1. The summed E-state index contributed by atoms with van der Waals surface area (Å²) in [5.74, 6) is 1.18. The van der Waals surface area contributed by atoms with E-state index in [1.807, 2.05) is 66.7 Å². The van der Waals surface area contributed by atoms with Gasteiger partial charge in [-0.05, 0) is 48.0 Å². The van der Waals surface area contributed by atoms with Crippen LogP contribution in [-0.4, -0.2) is 20.1 Å². The highest BCUT2D eigenvalue weighted by Gasteiger charge is 2.26. The topological polar surface area (TPSA) is 38.8 Å². The van der Waals surface area contributed by atoms with Crippen LogP contribution in [0.5, 0.6) is 11.5 Å². The van der Waals surface area contributed by atoms with Crippen LogP contribution in [-0.2, 0) is 4.79 Å². The number of methoxy groups -OCH3 is 2. The molecule has 0 bridgehead atoms. The Morgan fingerprint density at radius 1 is 0.857 bits per heavy atom. The van der Waals surface area contributed by atoms with Crippen LogP contribution in [0, 0.1) is 0 Å². The van der Waals surface area contributed by atoms with E-state index in [0.717, 1.165) is 26.7 Å². The van der Waals surface area contributed by atoms with E-state index in [1.165, 1.54) is 0 Å². The molecule has 1 aliphatic rings. The molecule has 0 atom stereocenters. The maximum atomic E-state index is 13.1. The van der Waals surface area contributed by atoms with Crippen LogP contribution in [0.25, 0.3) is 6.08 Å². The molecule has 3 aromatic rings. The first-order chi connectivity index (χ1) is 13.7. The van der Waals surface area contributed by atoms with Crippen LogP contribution in [0.4, 0.5) is 11.4 Å². The molecule has 140 valence electrons. The van der Waals surface area contributed by atoms with Crippen LogP contribution >= 0.6 is 11.8 Å². The average molecular weight is 389 g/mol. The third-order valence-corrected chi connectivity index (χ3v) is 5.61. The minimum absolute atomic E-state index is 0.102. The van der Waals surface area contributed by atoms with Crippen molar-refractivity contribution in [2.45, 2.75) is 9.79 Å². The fourth-order valence-corrected chi connectivity index (χ4v) is 4.20. The van der Waals surface area contributed by atoms with Gasteiger partial charge in [-0.25, -0.2) is 0 Å². The van der Waals surface area contributed by atoms with Gasteiger partial charge in [-0.1, -0.05) is 42.1 Å². The summed E-state index contributed by atoms with van der Waals surface area (Å²) in [5.41, 5.74) is 2.65. The van der Waals surface area contributed by atoms with Crippen molar-refractivity contribution < 1.29 is 14.3 Å². The summed E-state index contributed by atoms with van der Waals surface area (Å²) in [6, 6.07) is 21.4. The van der Waals surface area contributed by atoms with Gasteiger partial charge >= 0.3 is 0 Å². The van der Waals surface area contributed by atoms with Gasteiger partial charge in [0.25, 0.3) is 5.91 Å². The molecule has 3 aromatic carbocycles. The van der Waals surface area contributed by atoms with Crippen LogP contribution in [0.15, 0.2) is 82.6 Å². The molecule has 0 saturated heterocycles. The number of fused-ring (bicyclic) bond motifs is 2. The molecule has 1 aliphatic heterocycles. The van der Waals surface area contributed by atoms with E-state index in [1.54, 1.807) is 43.0 Å². The van der Waals surface area contributed by atoms with Gasteiger partial charge in [-0.3, -0.25) is 9.69 Å². The predicted molar refractivity (Wildman–Crippen MR) is 113 cm³/mol. The van der Waals surface area contributed by atoms with Crippen molar-refractivity contribution in [2.75, 3.05) is 19.1 Å². The minimum atomic E-state index is -0.102. The van der Waals surface area contributed by atoms with Gasteiger partial charge in [-0.2, -0.15) is 0 Å². The number of benzene rings is 3. The van der Waals surface area contributed by atoms with Crippen molar-refractivity contribution >= 4 is 35.1 Å². The third-order valence-electron chi connectivity index (χ3n) is 4.48. The minimum Gasteiger partial charge on any atom is -0.493 e. The highest BCUT2D eigenvalue weighted by Crippen LogP contribution is 2.47. The molecule has 0 spiro atoms. The molecule has 1 heterocycles. The van der Waals surface area contributed by atoms with Gasteiger partial charge < -0.3 is 9.47 Å². The first-order valence-corrected chi connectivity index (χ1v) is 9.63. The molecule has 4 nitrogen and oxygen atoms in total. The van der Waals surface area contributed by atoms with Gasteiger partial charge in [0.15, 0.2) is 11.5 Å². The normalized spacial score (nSPS) is 12.4. The molecule has 1 amide bonds. The number of ether oxygens (including phenoxy) is 2. The zero-order valence-electron chi connectivity index (χ0n) is 15.6. The zero-order valence-corrected chi connectivity index (χ0v) is 16.4. The Labute approximate surface area is 168 Å². The number of hydrogen-bond acceptors (Lipinski definition) is 4. The molecule has 0 saturated carbocycles. The summed E-state index contributed by atoms with van der Waals surface area (Å²) >= 11 is 1.68. The van der Waals surface area contributed by atoms with Crippen molar-refractivity contribution in [3.63, 3.8) is 0 Å². The number of amides is 1. The molecule has 0 aliphatic carbocycles. The first kappa shape index (κ1) is 18.2. The Morgan fingerprint density at radius 2 is 1.46 bits per heavy atom. The summed E-state index contributed by atoms with van der Waals surface area (Å²) in [7, 11) is 3.19. The summed E-state index contributed by atoms with van der Waals surface area (Å²) < 4.78 is 10.6. The van der Waals surface area contributed by atoms with Crippen molar-refractivity contribution in [3.8, 4) is 11.5 Å². The maximum absolute atomic E-state index is 13.1. The highest BCUT2D eigenvalue weighted by molar-refractivity contribution is 7.99. The fraction of sp³-hybridized carbons (Fsp3) is 0.0870. The molecule has 0 unspecified atom stereocenters. The van der Waals surface area contributed by atoms with Gasteiger partial charge in [0.2, 0.25) is 0 Å². The van der Waals surface area contributed by atoms with Gasteiger partial charge in [0, 0.05) is 15.9 Å². The second kappa shape index (κ2) is 7.82. The monoisotopic (exact) mass is 389 g/mol. The number of carbonyl (C=O) groups excluding carboxylic acids is 1. The first-order valence-electron chi connectivity index (χ1n) is 8.81. The second-order valence-electron chi connectivity index (χ2n) is 6.16. The molecule has 0 N–H and O–H groups in total. The standard InChI is InChI=1S/C23H19NO3S/c1-26-19-13-11-16(15-20(19)27-2)12-14-23(25)24-17-7-3-5-9-21(17)28-22-10-6-4-8-18(22)24/h3-15H,1-2H3/b14-12+. The Balaban J connectivity index is 1.68. The van der Waals surface area contributed by atoms with Gasteiger partial charge in [0.05, 0.1) is 25.6 Å². The number of hydrogen-bond donors (Lipinski definition) is 0. The number of para-hydroxylation sites is 2. The summed E-state index contributed by atoms with van der Waals surface area (Å²) in [5, 5.41) is 0. The molecular formula is C23H19NO3S. The number of carbonyl (C=O) groups is 1. The van der Waals surface area contributed by atoms with E-state index < -0.39 is 0 Å². The lowest BCUT2D eigenvalue weighted by molar-refractivity contribution is -0.113. The van der Waals surface area contributed by atoms with Crippen LogP contribution in [0.1, 0.15) is 5.56 Å². The van der Waals surface area contributed by atoms with E-state index >= 15 is 0 Å². The van der Waals surface area contributed by atoms with Crippen molar-refractivity contribution in [1.82, 2.24) is 0 Å². The molecule has 0 radical (unpaired) electrons. The van der Waals surface area contributed by atoms with E-state index in [4.69, 9.17) is 9.47 Å². The summed E-state index contributed by atoms with van der Waals surface area (Å²) in [6.07, 6.45) is 3.38. The van der Waals surface area contributed by atoms with Gasteiger partial charge in [0.1, 0.15) is 0 Å². The quantitative estimate of drug-likeness (QED) is 0.549. The fourth-order valence-electron chi connectivity index (χ4n) is 3.14. The highest BCUT2D eigenvalue weighted by atomic mass is 32.2. The number of anilines is 2. The molecule has 28 heavy (non-hydrogen) atoms. The summed E-state index contributed by atoms with van der Waals surface area (Å²) in [6.45, 7) is 0. The lowest BCUT2D eigenvalue weighted by Crippen LogP contribution is -2.26. The molecule has 4 rings (SSSR count). The lowest BCUT2D eigenvalue weighted by Gasteiger charge is -2.30. The van der Waals surface area contributed by atoms with Gasteiger partial charge in [-0.15, -0.1) is 0 Å². The average Bonchev–Trinajstić information content (AvgIpc) is 2.75. The van der Waals surface area contributed by atoms with Crippen molar-refractivity contribution in [3.05, 3.63) is 78.4 Å². The largest absolute Gasteiger partial charge is 0.493 e. The maximum Gasteiger partial charge on any atom is 0.255 e. The van der Waals surface area contributed by atoms with Crippen molar-refractivity contribution in [2.24, 2.45) is 0 Å². The Hall–Kier alpha value is -3.18. The third kappa shape index (κ3) is 3.37. The molecular weight excluding hydrogens is 370 g/mol. The van der Waals surface area contributed by atoms with Crippen LogP contribution in [0.3, 0.4) is 0 Å². The van der Waals surface area contributed by atoms with Crippen LogP contribution in [0.2, 0.25) is 0 Å². The second-order valence-corrected chi connectivity index (χ2v) is 7.24. The van der Waals surface area contributed by atoms with Crippen LogP contribution < -0.4 is 14.4 Å². The Bertz CT molecular complexity index is 1020. The smallest absolute Gasteiger partial charge is 0.255 e. The predicted octanol–water partition coefficient (Wildman–Crippen LogP) is 5.55. The molecule has 5 heteroatoms. The van der Waals surface area contributed by atoms with E-state index in [-0.39, 0.29) is 5.91 Å². The van der Waals surface area contributed by atoms with E-state index in [2.05, 4.69) is 0 Å². The summed E-state index contributed by atoms with van der Waals surface area (Å²) in [4.78, 5) is 17.0. The number of rotatable bonds is 4. The van der Waals surface area contributed by atoms with E-state index in [0.29, 0.717) is 11.5 Å². The lowest BCUT2D eigenvalue weighted by atomic mass is 10.1. The molecule has 0 fully saturated rings. The van der Waals surface area contributed by atoms with E-state index in [9.17, 15) is 4.79 Å².